The first-order valence-corrected chi connectivity index (χ1v) is 6.13. The van der Waals surface area contributed by atoms with Crippen molar-refractivity contribution < 1.29 is 19.2 Å². The summed E-state index contributed by atoms with van der Waals surface area (Å²) in [5.74, 6) is -1.46. The number of imide groups is 1. The van der Waals surface area contributed by atoms with Crippen molar-refractivity contribution in [3.8, 4) is 0 Å². The molecule has 0 bridgehead atoms. The molecule has 1 aliphatic heterocycles. The van der Waals surface area contributed by atoms with E-state index in [0.717, 1.165) is 17.1 Å². The van der Waals surface area contributed by atoms with Crippen molar-refractivity contribution in [1.29, 1.82) is 0 Å². The third-order valence-corrected chi connectivity index (χ3v) is 2.67. The van der Waals surface area contributed by atoms with Crippen molar-refractivity contribution in [2.75, 3.05) is 10.2 Å². The summed E-state index contributed by atoms with van der Waals surface area (Å²) in [5.41, 5.74) is 0.913. The number of carbonyl (C=O) groups excluding carboxylic acids is 4. The highest BCUT2D eigenvalue weighted by Gasteiger charge is 2.24. The fraction of sp³-hybridized carbons (Fsp3) is 0.0667. The molecular formula is C15H12N2O4. The van der Waals surface area contributed by atoms with Gasteiger partial charge in [0.15, 0.2) is 5.78 Å². The number of allylic oxidation sites excluding steroid dienone is 1. The molecule has 0 atom stereocenters. The fourth-order valence-corrected chi connectivity index (χ4v) is 1.73. The molecule has 1 heterocycles. The number of amides is 3. The lowest BCUT2D eigenvalue weighted by molar-refractivity contribution is -0.120. The average molecular weight is 284 g/mol. The zero-order chi connectivity index (χ0) is 15.4. The van der Waals surface area contributed by atoms with E-state index in [-0.39, 0.29) is 5.78 Å². The van der Waals surface area contributed by atoms with Gasteiger partial charge in [-0.05, 0) is 37.3 Å². The zero-order valence-corrected chi connectivity index (χ0v) is 11.2. The smallest absolute Gasteiger partial charge is 0.258 e. The standard InChI is InChI=1S/C15H12N2O4/c1-10(18)2-7-13(19)16-11-3-5-12(6-4-11)17-14(20)8-9-15(17)21/h2-9H,1H3,(H,16,19)/b7-2-. The second-order valence-electron chi connectivity index (χ2n) is 4.33. The molecule has 0 aromatic heterocycles. The molecule has 0 saturated carbocycles. The lowest BCUT2D eigenvalue weighted by Gasteiger charge is -2.14. The first-order valence-electron chi connectivity index (χ1n) is 6.13. The number of ketones is 1. The topological polar surface area (TPSA) is 83.6 Å². The Morgan fingerprint density at radius 1 is 1.00 bits per heavy atom. The number of hydrogen-bond donors (Lipinski definition) is 1. The van der Waals surface area contributed by atoms with E-state index in [4.69, 9.17) is 0 Å². The Kier molecular flexibility index (Phi) is 4.08. The first-order chi connectivity index (χ1) is 9.97. The number of nitrogens with zero attached hydrogens (tertiary/aromatic N) is 1. The van der Waals surface area contributed by atoms with Crippen molar-refractivity contribution >= 4 is 34.9 Å². The van der Waals surface area contributed by atoms with Crippen LogP contribution in [0.25, 0.3) is 0 Å². The van der Waals surface area contributed by atoms with Crippen LogP contribution in [0.4, 0.5) is 11.4 Å². The van der Waals surface area contributed by atoms with Gasteiger partial charge < -0.3 is 5.32 Å². The van der Waals surface area contributed by atoms with Gasteiger partial charge in [-0.2, -0.15) is 0 Å². The summed E-state index contributed by atoms with van der Waals surface area (Å²) in [6.07, 6.45) is 4.69. The summed E-state index contributed by atoms with van der Waals surface area (Å²) in [5, 5.41) is 2.56. The van der Waals surface area contributed by atoms with E-state index in [9.17, 15) is 19.2 Å². The lowest BCUT2D eigenvalue weighted by Crippen LogP contribution is -2.29. The SMILES string of the molecule is CC(=O)/C=C\C(=O)Nc1ccc(N2C(=O)C=CC2=O)cc1. The molecule has 0 radical (unpaired) electrons. The van der Waals surface area contributed by atoms with Gasteiger partial charge in [0.2, 0.25) is 5.91 Å². The molecule has 0 fully saturated rings. The summed E-state index contributed by atoms with van der Waals surface area (Å²) < 4.78 is 0. The minimum atomic E-state index is -0.437. The predicted molar refractivity (Wildman–Crippen MR) is 76.5 cm³/mol. The number of rotatable bonds is 4. The zero-order valence-electron chi connectivity index (χ0n) is 11.2. The molecular weight excluding hydrogens is 272 g/mol. The van der Waals surface area contributed by atoms with Crippen LogP contribution in [0, 0.1) is 0 Å². The van der Waals surface area contributed by atoms with E-state index in [0.29, 0.717) is 11.4 Å². The molecule has 6 nitrogen and oxygen atoms in total. The van der Waals surface area contributed by atoms with Crippen LogP contribution in [-0.4, -0.2) is 23.5 Å². The molecule has 0 aliphatic carbocycles. The molecule has 3 amide bonds. The lowest BCUT2D eigenvalue weighted by atomic mass is 10.2. The van der Waals surface area contributed by atoms with Crippen LogP contribution in [0.5, 0.6) is 0 Å². The molecule has 1 aliphatic rings. The number of anilines is 2. The molecule has 0 unspecified atom stereocenters. The van der Waals surface area contributed by atoms with E-state index in [1.807, 2.05) is 0 Å². The predicted octanol–water partition coefficient (Wildman–Crippen LogP) is 1.20. The summed E-state index contributed by atoms with van der Waals surface area (Å²) in [6, 6.07) is 6.22. The van der Waals surface area contributed by atoms with Crippen LogP contribution in [0.1, 0.15) is 6.92 Å². The maximum Gasteiger partial charge on any atom is 0.258 e. The van der Waals surface area contributed by atoms with Crippen LogP contribution in [0.15, 0.2) is 48.6 Å². The summed E-state index contributed by atoms with van der Waals surface area (Å²) in [7, 11) is 0. The summed E-state index contributed by atoms with van der Waals surface area (Å²) in [4.78, 5) is 46.2. The van der Waals surface area contributed by atoms with Gasteiger partial charge in [0.05, 0.1) is 5.69 Å². The first kappa shape index (κ1) is 14.4. The van der Waals surface area contributed by atoms with Crippen LogP contribution in [-0.2, 0) is 19.2 Å². The third-order valence-electron chi connectivity index (χ3n) is 2.67. The highest BCUT2D eigenvalue weighted by Crippen LogP contribution is 2.21. The molecule has 0 spiro atoms. The van der Waals surface area contributed by atoms with Gasteiger partial charge in [0, 0.05) is 23.9 Å². The molecule has 2 rings (SSSR count). The van der Waals surface area contributed by atoms with Crippen LogP contribution in [0.2, 0.25) is 0 Å². The quantitative estimate of drug-likeness (QED) is 0.665. The van der Waals surface area contributed by atoms with E-state index in [1.54, 1.807) is 24.3 Å². The summed E-state index contributed by atoms with van der Waals surface area (Å²) >= 11 is 0. The van der Waals surface area contributed by atoms with Crippen molar-refractivity contribution in [3.05, 3.63) is 48.6 Å². The largest absolute Gasteiger partial charge is 0.323 e. The normalized spacial score (nSPS) is 14.0. The molecule has 1 aromatic carbocycles. The highest BCUT2D eigenvalue weighted by atomic mass is 16.2. The Balaban J connectivity index is 2.06. The van der Waals surface area contributed by atoms with Gasteiger partial charge in [-0.25, -0.2) is 4.90 Å². The Morgan fingerprint density at radius 2 is 1.57 bits per heavy atom. The minimum absolute atomic E-state index is 0.223. The maximum absolute atomic E-state index is 11.5. The third kappa shape index (κ3) is 3.50. The molecule has 1 aromatic rings. The van der Waals surface area contributed by atoms with E-state index >= 15 is 0 Å². The number of hydrogen-bond acceptors (Lipinski definition) is 4. The Labute approximate surface area is 120 Å². The van der Waals surface area contributed by atoms with Gasteiger partial charge in [-0.1, -0.05) is 0 Å². The highest BCUT2D eigenvalue weighted by molar-refractivity contribution is 6.28. The van der Waals surface area contributed by atoms with Crippen molar-refractivity contribution in [2.45, 2.75) is 6.92 Å². The maximum atomic E-state index is 11.5. The Morgan fingerprint density at radius 3 is 2.10 bits per heavy atom. The molecule has 21 heavy (non-hydrogen) atoms. The second-order valence-corrected chi connectivity index (χ2v) is 4.33. The van der Waals surface area contributed by atoms with Crippen LogP contribution >= 0.6 is 0 Å². The van der Waals surface area contributed by atoms with Gasteiger partial charge >= 0.3 is 0 Å². The van der Waals surface area contributed by atoms with Crippen LogP contribution in [0.3, 0.4) is 0 Å². The molecule has 106 valence electrons. The van der Waals surface area contributed by atoms with E-state index < -0.39 is 17.7 Å². The Bertz CT molecular complexity index is 653. The van der Waals surface area contributed by atoms with E-state index in [2.05, 4.69) is 5.32 Å². The van der Waals surface area contributed by atoms with Crippen molar-refractivity contribution in [3.63, 3.8) is 0 Å². The van der Waals surface area contributed by atoms with Gasteiger partial charge in [-0.3, -0.25) is 19.2 Å². The van der Waals surface area contributed by atoms with E-state index in [1.165, 1.54) is 19.1 Å². The van der Waals surface area contributed by atoms with Gasteiger partial charge in [-0.15, -0.1) is 0 Å². The molecule has 1 N–H and O–H groups in total. The fourth-order valence-electron chi connectivity index (χ4n) is 1.73. The number of nitrogens with one attached hydrogen (secondary N) is 1. The van der Waals surface area contributed by atoms with Crippen LogP contribution < -0.4 is 10.2 Å². The summed E-state index contributed by atoms with van der Waals surface area (Å²) in [6.45, 7) is 1.34. The Hall–Kier alpha value is -3.02. The number of benzene rings is 1. The van der Waals surface area contributed by atoms with Gasteiger partial charge in [0.25, 0.3) is 11.8 Å². The van der Waals surface area contributed by atoms with Crippen molar-refractivity contribution in [2.24, 2.45) is 0 Å². The number of carbonyl (C=O) groups is 4. The molecule has 0 saturated heterocycles. The minimum Gasteiger partial charge on any atom is -0.323 e. The van der Waals surface area contributed by atoms with Crippen molar-refractivity contribution in [1.82, 2.24) is 0 Å². The average Bonchev–Trinajstić information content (AvgIpc) is 2.77. The monoisotopic (exact) mass is 284 g/mol. The second kappa shape index (κ2) is 5.96. The molecule has 6 heteroatoms. The van der Waals surface area contributed by atoms with Gasteiger partial charge in [0.1, 0.15) is 0 Å².